The summed E-state index contributed by atoms with van der Waals surface area (Å²) >= 11 is 3.49. The van der Waals surface area contributed by atoms with Crippen molar-refractivity contribution in [3.05, 3.63) is 34.5 Å². The molecule has 0 amide bonds. The Kier molecular flexibility index (Phi) is 3.89. The summed E-state index contributed by atoms with van der Waals surface area (Å²) in [5.74, 6) is 1.56. The van der Waals surface area contributed by atoms with Gasteiger partial charge < -0.3 is 10.2 Å². The average Bonchev–Trinajstić information content (AvgIpc) is 2.71. The van der Waals surface area contributed by atoms with E-state index in [-0.39, 0.29) is 6.04 Å². The van der Waals surface area contributed by atoms with E-state index in [1.807, 2.05) is 24.3 Å². The van der Waals surface area contributed by atoms with Gasteiger partial charge in [-0.3, -0.25) is 0 Å². The van der Waals surface area contributed by atoms with E-state index in [0.29, 0.717) is 5.92 Å². The number of hydrogen-bond acceptors (Lipinski definition) is 2. The van der Waals surface area contributed by atoms with Crippen LogP contribution in [0.3, 0.4) is 0 Å². The Bertz CT molecular complexity index is 504. The Morgan fingerprint density at radius 1 is 1.29 bits per heavy atom. The molecule has 1 aromatic heterocycles. The van der Waals surface area contributed by atoms with Gasteiger partial charge in [-0.15, -0.1) is 0 Å². The van der Waals surface area contributed by atoms with Gasteiger partial charge in [-0.25, -0.2) is 0 Å². The van der Waals surface area contributed by atoms with E-state index < -0.39 is 0 Å². The minimum Gasteiger partial charge on any atom is -0.458 e. The van der Waals surface area contributed by atoms with Crippen LogP contribution < -0.4 is 5.73 Å². The first-order valence-electron chi connectivity index (χ1n) is 6.01. The molecule has 0 aliphatic carbocycles. The quantitative estimate of drug-likeness (QED) is 0.893. The van der Waals surface area contributed by atoms with Crippen LogP contribution in [0, 0.1) is 5.92 Å². The summed E-state index contributed by atoms with van der Waals surface area (Å²) in [5, 5.41) is 1.11. The summed E-state index contributed by atoms with van der Waals surface area (Å²) in [5.41, 5.74) is 7.04. The molecule has 1 aromatic carbocycles. The largest absolute Gasteiger partial charge is 0.458 e. The van der Waals surface area contributed by atoms with Crippen LogP contribution in [0.4, 0.5) is 0 Å². The summed E-state index contributed by atoms with van der Waals surface area (Å²) in [4.78, 5) is 0. The Balaban J connectivity index is 2.21. The zero-order chi connectivity index (χ0) is 12.4. The van der Waals surface area contributed by atoms with Crippen molar-refractivity contribution in [3.8, 4) is 0 Å². The molecule has 0 radical (unpaired) electrons. The highest BCUT2D eigenvalue weighted by Crippen LogP contribution is 2.30. The Morgan fingerprint density at radius 2 is 2.06 bits per heavy atom. The number of furan rings is 1. The predicted octanol–water partition coefficient (Wildman–Crippen LogP) is 4.63. The number of para-hydroxylation sites is 1. The van der Waals surface area contributed by atoms with Crippen LogP contribution in [0.15, 0.2) is 33.2 Å². The third-order valence-electron chi connectivity index (χ3n) is 2.94. The Hall–Kier alpha value is -0.800. The Morgan fingerprint density at radius 3 is 2.71 bits per heavy atom. The fourth-order valence-electron chi connectivity index (χ4n) is 1.89. The highest BCUT2D eigenvalue weighted by Gasteiger charge is 2.13. The second-order valence-electron chi connectivity index (χ2n) is 4.88. The number of benzene rings is 1. The lowest BCUT2D eigenvalue weighted by Crippen LogP contribution is -2.10. The molecule has 17 heavy (non-hydrogen) atoms. The maximum Gasteiger partial charge on any atom is 0.148 e. The van der Waals surface area contributed by atoms with Crippen molar-refractivity contribution < 1.29 is 4.42 Å². The van der Waals surface area contributed by atoms with E-state index >= 15 is 0 Å². The second-order valence-corrected chi connectivity index (χ2v) is 5.74. The second kappa shape index (κ2) is 5.23. The first-order valence-corrected chi connectivity index (χ1v) is 6.80. The van der Waals surface area contributed by atoms with Crippen molar-refractivity contribution in [1.82, 2.24) is 0 Å². The highest BCUT2D eigenvalue weighted by molar-refractivity contribution is 9.10. The maximum atomic E-state index is 6.15. The number of halogens is 1. The van der Waals surface area contributed by atoms with Gasteiger partial charge in [-0.2, -0.15) is 0 Å². The standard InChI is InChI=1S/C14H18BrNO/c1-9(2)6-7-12(16)13-8-10-4-3-5-11(15)14(10)17-13/h3-5,8-9,12H,6-7,16H2,1-2H3. The van der Waals surface area contributed by atoms with Crippen molar-refractivity contribution in [3.63, 3.8) is 0 Å². The van der Waals surface area contributed by atoms with E-state index in [1.54, 1.807) is 0 Å². The SMILES string of the molecule is CC(C)CCC(N)c1cc2cccc(Br)c2o1. The van der Waals surface area contributed by atoms with Gasteiger partial charge in [-0.1, -0.05) is 26.0 Å². The first kappa shape index (κ1) is 12.7. The topological polar surface area (TPSA) is 39.2 Å². The molecule has 0 aliphatic heterocycles. The minimum absolute atomic E-state index is 0.00306. The van der Waals surface area contributed by atoms with Crippen LogP contribution in [0.5, 0.6) is 0 Å². The molecule has 1 heterocycles. The molecule has 92 valence electrons. The van der Waals surface area contributed by atoms with Crippen molar-refractivity contribution in [2.45, 2.75) is 32.7 Å². The zero-order valence-electron chi connectivity index (χ0n) is 10.2. The number of fused-ring (bicyclic) bond motifs is 1. The fraction of sp³-hybridized carbons (Fsp3) is 0.429. The van der Waals surface area contributed by atoms with Gasteiger partial charge in [0.25, 0.3) is 0 Å². The van der Waals surface area contributed by atoms with Crippen LogP contribution in [0.2, 0.25) is 0 Å². The number of nitrogens with two attached hydrogens (primary N) is 1. The molecule has 1 atom stereocenters. The summed E-state index contributed by atoms with van der Waals surface area (Å²) in [6.45, 7) is 4.42. The molecular weight excluding hydrogens is 278 g/mol. The lowest BCUT2D eigenvalue weighted by atomic mass is 10.0. The van der Waals surface area contributed by atoms with Crippen LogP contribution in [0.1, 0.15) is 38.5 Å². The van der Waals surface area contributed by atoms with Gasteiger partial charge >= 0.3 is 0 Å². The van der Waals surface area contributed by atoms with Crippen molar-refractivity contribution in [2.24, 2.45) is 11.7 Å². The molecular formula is C14H18BrNO. The van der Waals surface area contributed by atoms with E-state index in [2.05, 4.69) is 29.8 Å². The third kappa shape index (κ3) is 2.90. The molecule has 2 N–H and O–H groups in total. The number of rotatable bonds is 4. The van der Waals surface area contributed by atoms with Crippen LogP contribution in [0.25, 0.3) is 11.0 Å². The fourth-order valence-corrected chi connectivity index (χ4v) is 2.35. The molecule has 2 rings (SSSR count). The van der Waals surface area contributed by atoms with Crippen molar-refractivity contribution >= 4 is 26.9 Å². The molecule has 1 unspecified atom stereocenters. The first-order chi connectivity index (χ1) is 8.08. The Labute approximate surface area is 110 Å². The van der Waals surface area contributed by atoms with E-state index in [0.717, 1.165) is 34.0 Å². The molecule has 0 bridgehead atoms. The predicted molar refractivity (Wildman–Crippen MR) is 74.9 cm³/mol. The molecule has 0 saturated heterocycles. The highest BCUT2D eigenvalue weighted by atomic mass is 79.9. The monoisotopic (exact) mass is 295 g/mol. The lowest BCUT2D eigenvalue weighted by molar-refractivity contribution is 0.439. The molecule has 3 heteroatoms. The molecule has 0 aliphatic rings. The van der Waals surface area contributed by atoms with Gasteiger partial charge in [0.2, 0.25) is 0 Å². The van der Waals surface area contributed by atoms with Crippen LogP contribution in [-0.4, -0.2) is 0 Å². The molecule has 0 fully saturated rings. The van der Waals surface area contributed by atoms with Crippen molar-refractivity contribution in [2.75, 3.05) is 0 Å². The summed E-state index contributed by atoms with van der Waals surface area (Å²) in [6, 6.07) is 8.07. The summed E-state index contributed by atoms with van der Waals surface area (Å²) in [7, 11) is 0. The van der Waals surface area contributed by atoms with E-state index in [4.69, 9.17) is 10.2 Å². The normalized spacial score (nSPS) is 13.5. The molecule has 2 nitrogen and oxygen atoms in total. The van der Waals surface area contributed by atoms with E-state index in [9.17, 15) is 0 Å². The van der Waals surface area contributed by atoms with Gasteiger partial charge in [-0.05, 0) is 46.8 Å². The number of hydrogen-bond donors (Lipinski definition) is 1. The van der Waals surface area contributed by atoms with Gasteiger partial charge in [0.1, 0.15) is 11.3 Å². The lowest BCUT2D eigenvalue weighted by Gasteiger charge is -2.09. The summed E-state index contributed by atoms with van der Waals surface area (Å²) in [6.07, 6.45) is 2.09. The third-order valence-corrected chi connectivity index (χ3v) is 3.56. The zero-order valence-corrected chi connectivity index (χ0v) is 11.8. The molecule has 2 aromatic rings. The molecule has 0 spiro atoms. The van der Waals surface area contributed by atoms with Crippen LogP contribution >= 0.6 is 15.9 Å². The minimum atomic E-state index is -0.00306. The van der Waals surface area contributed by atoms with Crippen molar-refractivity contribution in [1.29, 1.82) is 0 Å². The van der Waals surface area contributed by atoms with Crippen LogP contribution in [-0.2, 0) is 0 Å². The van der Waals surface area contributed by atoms with Gasteiger partial charge in [0, 0.05) is 5.39 Å². The maximum absolute atomic E-state index is 6.15. The average molecular weight is 296 g/mol. The summed E-state index contributed by atoms with van der Waals surface area (Å²) < 4.78 is 6.80. The smallest absolute Gasteiger partial charge is 0.148 e. The molecule has 0 saturated carbocycles. The van der Waals surface area contributed by atoms with E-state index in [1.165, 1.54) is 0 Å². The van der Waals surface area contributed by atoms with Gasteiger partial charge in [0.15, 0.2) is 0 Å². The van der Waals surface area contributed by atoms with Gasteiger partial charge in [0.05, 0.1) is 10.5 Å².